The number of hydrogen-bond acceptors (Lipinski definition) is 2. The Hall–Kier alpha value is -0.820. The SMILES string of the molecule is CN=C(NCCNC(C)(C)C)N1CCC(c2ccccc2)C(C)C1.I. The number of likely N-dealkylation sites (tertiary alicyclic amines) is 1. The van der Waals surface area contributed by atoms with E-state index < -0.39 is 0 Å². The molecular weight excluding hydrogens is 423 g/mol. The van der Waals surface area contributed by atoms with E-state index in [4.69, 9.17) is 0 Å². The summed E-state index contributed by atoms with van der Waals surface area (Å²) in [6.07, 6.45) is 1.19. The number of benzene rings is 1. The zero-order chi connectivity index (χ0) is 17.6. The lowest BCUT2D eigenvalue weighted by Crippen LogP contribution is -2.50. The van der Waals surface area contributed by atoms with Crippen LogP contribution in [-0.4, -0.2) is 49.6 Å². The standard InChI is InChI=1S/C20H34N4.HI/c1-16-15-24(14-11-18(16)17-9-7-6-8-10-17)19(21-5)22-12-13-23-20(2,3)4;/h6-10,16,18,23H,11-15H2,1-5H3,(H,21,22);1H. The van der Waals surface area contributed by atoms with Crippen molar-refractivity contribution in [1.82, 2.24) is 15.5 Å². The van der Waals surface area contributed by atoms with Crippen LogP contribution in [0.3, 0.4) is 0 Å². The van der Waals surface area contributed by atoms with Crippen LogP contribution in [0.25, 0.3) is 0 Å². The Morgan fingerprint density at radius 1 is 1.20 bits per heavy atom. The van der Waals surface area contributed by atoms with E-state index in [0.29, 0.717) is 11.8 Å². The Bertz CT molecular complexity index is 524. The van der Waals surface area contributed by atoms with Gasteiger partial charge in [0.1, 0.15) is 0 Å². The Kier molecular flexibility index (Phi) is 9.21. The van der Waals surface area contributed by atoms with Crippen molar-refractivity contribution < 1.29 is 0 Å². The molecule has 1 aliphatic heterocycles. The molecule has 25 heavy (non-hydrogen) atoms. The maximum absolute atomic E-state index is 4.48. The van der Waals surface area contributed by atoms with E-state index in [1.54, 1.807) is 0 Å². The molecular formula is C20H35IN4. The first-order valence-electron chi connectivity index (χ1n) is 9.16. The van der Waals surface area contributed by atoms with Gasteiger partial charge in [0, 0.05) is 38.8 Å². The molecule has 1 saturated heterocycles. The summed E-state index contributed by atoms with van der Waals surface area (Å²) in [6, 6.07) is 10.9. The fourth-order valence-electron chi connectivity index (χ4n) is 3.48. The first-order chi connectivity index (χ1) is 11.4. The van der Waals surface area contributed by atoms with Gasteiger partial charge >= 0.3 is 0 Å². The molecule has 1 aromatic carbocycles. The smallest absolute Gasteiger partial charge is 0.193 e. The van der Waals surface area contributed by atoms with Gasteiger partial charge in [0.2, 0.25) is 0 Å². The summed E-state index contributed by atoms with van der Waals surface area (Å²) in [7, 11) is 1.88. The van der Waals surface area contributed by atoms with Crippen LogP contribution in [0.15, 0.2) is 35.3 Å². The number of nitrogens with zero attached hydrogens (tertiary/aromatic N) is 2. The molecule has 1 fully saturated rings. The van der Waals surface area contributed by atoms with Crippen molar-refractivity contribution in [2.45, 2.75) is 45.6 Å². The normalized spacial score (nSPS) is 21.6. The van der Waals surface area contributed by atoms with E-state index in [-0.39, 0.29) is 29.5 Å². The molecule has 2 N–H and O–H groups in total. The Morgan fingerprint density at radius 3 is 2.44 bits per heavy atom. The Morgan fingerprint density at radius 2 is 1.88 bits per heavy atom. The number of halogens is 1. The van der Waals surface area contributed by atoms with Crippen molar-refractivity contribution in [3.05, 3.63) is 35.9 Å². The van der Waals surface area contributed by atoms with E-state index in [9.17, 15) is 0 Å². The summed E-state index contributed by atoms with van der Waals surface area (Å²) in [5.41, 5.74) is 1.63. The minimum atomic E-state index is 0. The molecule has 5 heteroatoms. The predicted molar refractivity (Wildman–Crippen MR) is 119 cm³/mol. The minimum Gasteiger partial charge on any atom is -0.355 e. The zero-order valence-corrected chi connectivity index (χ0v) is 18.7. The highest BCUT2D eigenvalue weighted by atomic mass is 127. The second-order valence-electron chi connectivity index (χ2n) is 7.88. The van der Waals surface area contributed by atoms with E-state index in [2.05, 4.69) is 78.6 Å². The van der Waals surface area contributed by atoms with Gasteiger partial charge in [-0.15, -0.1) is 24.0 Å². The Balaban J connectivity index is 0.00000312. The molecule has 0 amide bonds. The molecule has 0 bridgehead atoms. The molecule has 2 rings (SSSR count). The van der Waals surface area contributed by atoms with E-state index >= 15 is 0 Å². The number of aliphatic imine (C=N–C) groups is 1. The van der Waals surface area contributed by atoms with Crippen molar-refractivity contribution in [2.75, 3.05) is 33.2 Å². The summed E-state index contributed by atoms with van der Waals surface area (Å²) in [5.74, 6) is 2.32. The number of hydrogen-bond donors (Lipinski definition) is 2. The van der Waals surface area contributed by atoms with E-state index in [0.717, 1.165) is 32.1 Å². The maximum Gasteiger partial charge on any atom is 0.193 e. The summed E-state index contributed by atoms with van der Waals surface area (Å²) in [6.45, 7) is 12.9. The van der Waals surface area contributed by atoms with Gasteiger partial charge in [0.05, 0.1) is 0 Å². The first kappa shape index (κ1) is 22.2. The molecule has 4 nitrogen and oxygen atoms in total. The fourth-order valence-corrected chi connectivity index (χ4v) is 3.48. The lowest BCUT2D eigenvalue weighted by Gasteiger charge is -2.39. The quantitative estimate of drug-likeness (QED) is 0.313. The largest absolute Gasteiger partial charge is 0.355 e. The summed E-state index contributed by atoms with van der Waals surface area (Å²) < 4.78 is 0. The van der Waals surface area contributed by atoms with Crippen LogP contribution >= 0.6 is 24.0 Å². The van der Waals surface area contributed by atoms with Gasteiger partial charge in [-0.25, -0.2) is 0 Å². The average Bonchev–Trinajstić information content (AvgIpc) is 2.55. The summed E-state index contributed by atoms with van der Waals surface area (Å²) in [5, 5.41) is 7.01. The highest BCUT2D eigenvalue weighted by Crippen LogP contribution is 2.32. The van der Waals surface area contributed by atoms with Gasteiger partial charge in [-0.05, 0) is 44.6 Å². The second kappa shape index (κ2) is 10.4. The van der Waals surface area contributed by atoms with Crippen LogP contribution in [0.2, 0.25) is 0 Å². The third kappa shape index (κ3) is 7.13. The van der Waals surface area contributed by atoms with Gasteiger partial charge in [-0.3, -0.25) is 4.99 Å². The minimum absolute atomic E-state index is 0. The Labute approximate surface area is 170 Å². The fraction of sp³-hybridized carbons (Fsp3) is 0.650. The van der Waals surface area contributed by atoms with Gasteiger partial charge in [0.15, 0.2) is 5.96 Å². The highest BCUT2D eigenvalue weighted by Gasteiger charge is 2.28. The van der Waals surface area contributed by atoms with E-state index in [1.807, 2.05) is 7.05 Å². The molecule has 142 valence electrons. The van der Waals surface area contributed by atoms with Gasteiger partial charge < -0.3 is 15.5 Å². The first-order valence-corrected chi connectivity index (χ1v) is 9.16. The van der Waals surface area contributed by atoms with Crippen molar-refractivity contribution in [1.29, 1.82) is 0 Å². The van der Waals surface area contributed by atoms with Crippen molar-refractivity contribution in [3.63, 3.8) is 0 Å². The molecule has 2 unspecified atom stereocenters. The summed E-state index contributed by atoms with van der Waals surface area (Å²) >= 11 is 0. The molecule has 0 radical (unpaired) electrons. The van der Waals surface area contributed by atoms with Gasteiger partial charge in [0.25, 0.3) is 0 Å². The number of rotatable bonds is 4. The lowest BCUT2D eigenvalue weighted by atomic mass is 9.82. The monoisotopic (exact) mass is 458 g/mol. The third-order valence-electron chi connectivity index (χ3n) is 4.71. The van der Waals surface area contributed by atoms with Crippen LogP contribution in [0.4, 0.5) is 0 Å². The van der Waals surface area contributed by atoms with Crippen molar-refractivity contribution in [3.8, 4) is 0 Å². The van der Waals surface area contributed by atoms with Crippen LogP contribution in [-0.2, 0) is 0 Å². The molecule has 1 aliphatic rings. The van der Waals surface area contributed by atoms with Crippen molar-refractivity contribution >= 4 is 29.9 Å². The molecule has 1 aromatic rings. The van der Waals surface area contributed by atoms with Gasteiger partial charge in [-0.1, -0.05) is 37.3 Å². The van der Waals surface area contributed by atoms with Crippen LogP contribution in [0, 0.1) is 5.92 Å². The second-order valence-corrected chi connectivity index (χ2v) is 7.88. The zero-order valence-electron chi connectivity index (χ0n) is 16.4. The van der Waals surface area contributed by atoms with Gasteiger partial charge in [-0.2, -0.15) is 0 Å². The van der Waals surface area contributed by atoms with E-state index in [1.165, 1.54) is 12.0 Å². The molecule has 2 atom stereocenters. The van der Waals surface area contributed by atoms with Crippen LogP contribution in [0.1, 0.15) is 45.6 Å². The maximum atomic E-state index is 4.48. The van der Waals surface area contributed by atoms with Crippen molar-refractivity contribution in [2.24, 2.45) is 10.9 Å². The predicted octanol–water partition coefficient (Wildman–Crippen LogP) is 3.69. The topological polar surface area (TPSA) is 39.7 Å². The number of piperidine rings is 1. The van der Waals surface area contributed by atoms with Crippen LogP contribution < -0.4 is 10.6 Å². The molecule has 0 saturated carbocycles. The third-order valence-corrected chi connectivity index (χ3v) is 4.71. The van der Waals surface area contributed by atoms with Crippen LogP contribution in [0.5, 0.6) is 0 Å². The molecule has 0 spiro atoms. The highest BCUT2D eigenvalue weighted by molar-refractivity contribution is 14.0. The average molecular weight is 458 g/mol. The molecule has 1 heterocycles. The number of nitrogens with one attached hydrogen (secondary N) is 2. The lowest BCUT2D eigenvalue weighted by molar-refractivity contribution is 0.234. The number of guanidine groups is 1. The summed E-state index contributed by atoms with van der Waals surface area (Å²) in [4.78, 5) is 6.89. The molecule has 0 aliphatic carbocycles. The molecule has 0 aromatic heterocycles.